The summed E-state index contributed by atoms with van der Waals surface area (Å²) in [5, 5.41) is 1.15. The fourth-order valence-corrected chi connectivity index (χ4v) is 4.95. The molecule has 8 heteroatoms. The topological polar surface area (TPSA) is 86.0 Å². The highest BCUT2D eigenvalue weighted by molar-refractivity contribution is 5.86. The molecule has 4 aromatic rings. The van der Waals surface area contributed by atoms with Gasteiger partial charge >= 0.3 is 5.97 Å². The van der Waals surface area contributed by atoms with Crippen molar-refractivity contribution < 1.29 is 19.1 Å². The maximum Gasteiger partial charge on any atom is 0.305 e. The number of fused-ring (bicyclic) bond motifs is 1. The van der Waals surface area contributed by atoms with Crippen LogP contribution >= 0.6 is 0 Å². The first kappa shape index (κ1) is 30.4. The van der Waals surface area contributed by atoms with Crippen molar-refractivity contribution in [3.05, 3.63) is 102 Å². The molecule has 0 spiro atoms. The average molecular weight is 569 g/mol. The monoisotopic (exact) mass is 568 g/mol. The number of carbonyl (C=O) groups excluding carboxylic acids is 3. The van der Waals surface area contributed by atoms with E-state index in [0.29, 0.717) is 32.5 Å². The first-order valence-corrected chi connectivity index (χ1v) is 14.3. The van der Waals surface area contributed by atoms with Crippen molar-refractivity contribution in [2.75, 3.05) is 39.2 Å². The van der Waals surface area contributed by atoms with Crippen LogP contribution < -0.4 is 4.90 Å². The number of esters is 1. The van der Waals surface area contributed by atoms with Crippen LogP contribution in [0.4, 0.5) is 5.69 Å². The summed E-state index contributed by atoms with van der Waals surface area (Å²) in [5.74, 6) is -0.635. The number of anilines is 1. The number of nitrogens with one attached hydrogen (secondary N) is 1. The summed E-state index contributed by atoms with van der Waals surface area (Å²) in [4.78, 5) is 47.6. The Labute approximate surface area is 247 Å². The van der Waals surface area contributed by atoms with E-state index in [2.05, 4.69) is 11.1 Å². The molecule has 0 radical (unpaired) electrons. The third-order valence-corrected chi connectivity index (χ3v) is 7.40. The summed E-state index contributed by atoms with van der Waals surface area (Å²) in [5.41, 5.74) is 5.26. The number of nitrogens with zero attached hydrogens (tertiary/aromatic N) is 3. The van der Waals surface area contributed by atoms with Gasteiger partial charge in [0.05, 0.1) is 7.11 Å². The van der Waals surface area contributed by atoms with E-state index < -0.39 is 0 Å². The molecule has 0 unspecified atom stereocenters. The summed E-state index contributed by atoms with van der Waals surface area (Å²) in [6.45, 7) is 1.21. The SMILES string of the molecule is COC(=O)CCCC(=O)N(CC(=O)N(CCc1c[nH]c2ccccc12)Cc1ccc(N(C)C)cc1)Cc1ccccc1. The molecule has 0 saturated heterocycles. The number of rotatable bonds is 14. The van der Waals surface area contributed by atoms with Crippen molar-refractivity contribution in [2.45, 2.75) is 38.8 Å². The van der Waals surface area contributed by atoms with Gasteiger partial charge in [0, 0.05) is 69.4 Å². The highest BCUT2D eigenvalue weighted by Crippen LogP contribution is 2.20. The molecule has 42 heavy (non-hydrogen) atoms. The fourth-order valence-electron chi connectivity index (χ4n) is 4.95. The predicted octanol–water partition coefficient (Wildman–Crippen LogP) is 5.18. The molecule has 3 aromatic carbocycles. The van der Waals surface area contributed by atoms with E-state index in [1.165, 1.54) is 7.11 Å². The van der Waals surface area contributed by atoms with Crippen LogP contribution in [0.15, 0.2) is 85.1 Å². The van der Waals surface area contributed by atoms with E-state index in [0.717, 1.165) is 33.3 Å². The molecule has 8 nitrogen and oxygen atoms in total. The Morgan fingerprint density at radius 3 is 2.14 bits per heavy atom. The summed E-state index contributed by atoms with van der Waals surface area (Å²) in [7, 11) is 5.33. The minimum absolute atomic E-state index is 0.0460. The molecule has 0 bridgehead atoms. The molecule has 1 N–H and O–H groups in total. The summed E-state index contributed by atoms with van der Waals surface area (Å²) < 4.78 is 4.72. The normalized spacial score (nSPS) is 10.8. The number of hydrogen-bond donors (Lipinski definition) is 1. The fraction of sp³-hybridized carbons (Fsp3) is 0.324. The first-order valence-electron chi connectivity index (χ1n) is 14.3. The summed E-state index contributed by atoms with van der Waals surface area (Å²) in [6.07, 6.45) is 3.38. The van der Waals surface area contributed by atoms with Crippen molar-refractivity contribution in [1.82, 2.24) is 14.8 Å². The van der Waals surface area contributed by atoms with E-state index >= 15 is 0 Å². The van der Waals surface area contributed by atoms with Gasteiger partial charge in [0.25, 0.3) is 0 Å². The Balaban J connectivity index is 1.53. The third-order valence-electron chi connectivity index (χ3n) is 7.40. The van der Waals surface area contributed by atoms with Gasteiger partial charge < -0.3 is 24.4 Å². The molecule has 2 amide bonds. The second-order valence-electron chi connectivity index (χ2n) is 10.7. The van der Waals surface area contributed by atoms with Gasteiger partial charge in [0.1, 0.15) is 6.54 Å². The van der Waals surface area contributed by atoms with Crippen LogP contribution in [-0.4, -0.2) is 66.9 Å². The Morgan fingerprint density at radius 1 is 0.762 bits per heavy atom. The second-order valence-corrected chi connectivity index (χ2v) is 10.7. The van der Waals surface area contributed by atoms with Crippen LogP contribution in [0.1, 0.15) is 36.0 Å². The molecule has 0 aliphatic heterocycles. The number of hydrogen-bond acceptors (Lipinski definition) is 5. The van der Waals surface area contributed by atoms with Gasteiger partial charge in [-0.15, -0.1) is 0 Å². The minimum Gasteiger partial charge on any atom is -0.469 e. The number of methoxy groups -OCH3 is 1. The van der Waals surface area contributed by atoms with Gasteiger partial charge in [-0.3, -0.25) is 14.4 Å². The van der Waals surface area contributed by atoms with E-state index in [9.17, 15) is 14.4 Å². The number of carbonyl (C=O) groups is 3. The van der Waals surface area contributed by atoms with Gasteiger partial charge in [-0.25, -0.2) is 0 Å². The number of ether oxygens (including phenoxy) is 1. The van der Waals surface area contributed by atoms with Crippen LogP contribution in [0, 0.1) is 0 Å². The molecule has 0 fully saturated rings. The Bertz CT molecular complexity index is 1460. The van der Waals surface area contributed by atoms with Gasteiger partial charge in [0.15, 0.2) is 0 Å². The lowest BCUT2D eigenvalue weighted by Gasteiger charge is -2.28. The van der Waals surface area contributed by atoms with Crippen molar-refractivity contribution in [1.29, 1.82) is 0 Å². The quantitative estimate of drug-likeness (QED) is 0.212. The van der Waals surface area contributed by atoms with Crippen LogP contribution in [0.5, 0.6) is 0 Å². The average Bonchev–Trinajstić information content (AvgIpc) is 3.42. The van der Waals surface area contributed by atoms with E-state index in [-0.39, 0.29) is 37.2 Å². The predicted molar refractivity (Wildman–Crippen MR) is 166 cm³/mol. The highest BCUT2D eigenvalue weighted by atomic mass is 16.5. The lowest BCUT2D eigenvalue weighted by Crippen LogP contribution is -2.43. The van der Waals surface area contributed by atoms with Crippen LogP contribution in [0.2, 0.25) is 0 Å². The molecule has 0 saturated carbocycles. The molecule has 1 aromatic heterocycles. The summed E-state index contributed by atoms with van der Waals surface area (Å²) >= 11 is 0. The first-order chi connectivity index (χ1) is 20.3. The number of aromatic amines is 1. The van der Waals surface area contributed by atoms with Crippen molar-refractivity contribution in [3.8, 4) is 0 Å². The van der Waals surface area contributed by atoms with Crippen LogP contribution in [0.25, 0.3) is 10.9 Å². The van der Waals surface area contributed by atoms with Crippen LogP contribution in [0.3, 0.4) is 0 Å². The van der Waals surface area contributed by atoms with Gasteiger partial charge in [0.2, 0.25) is 11.8 Å². The molecule has 220 valence electrons. The molecule has 1 heterocycles. The summed E-state index contributed by atoms with van der Waals surface area (Å²) in [6, 6.07) is 26.0. The number of para-hydroxylation sites is 1. The molecule has 4 rings (SSSR count). The van der Waals surface area contributed by atoms with Crippen molar-refractivity contribution in [3.63, 3.8) is 0 Å². The molecule has 0 aliphatic rings. The lowest BCUT2D eigenvalue weighted by molar-refractivity contribution is -0.143. The maximum absolute atomic E-state index is 13.9. The largest absolute Gasteiger partial charge is 0.469 e. The Hall–Kier alpha value is -4.59. The van der Waals surface area contributed by atoms with Gasteiger partial charge in [-0.05, 0) is 47.7 Å². The molecular formula is C34H40N4O4. The number of aromatic nitrogens is 1. The minimum atomic E-state index is -0.350. The number of H-pyrrole nitrogens is 1. The zero-order chi connectivity index (χ0) is 29.9. The molecule has 0 aliphatic carbocycles. The zero-order valence-corrected chi connectivity index (χ0v) is 24.7. The Morgan fingerprint density at radius 2 is 1.43 bits per heavy atom. The molecule has 0 atom stereocenters. The molecular weight excluding hydrogens is 528 g/mol. The van der Waals surface area contributed by atoms with E-state index in [1.807, 2.05) is 103 Å². The van der Waals surface area contributed by atoms with E-state index in [4.69, 9.17) is 4.74 Å². The number of benzene rings is 3. The smallest absolute Gasteiger partial charge is 0.305 e. The third kappa shape index (κ3) is 8.46. The standard InChI is InChI=1S/C34H40N4O4/c1-36(2)29-18-16-27(17-19-29)23-37(21-20-28-22-35-31-13-8-7-12-30(28)31)33(40)25-38(24-26-10-5-4-6-11-26)32(39)14-9-15-34(41)42-3/h4-8,10-13,16-19,22,35H,9,14-15,20-21,23-25H2,1-3H3. The second kappa shape index (κ2) is 14.9. The highest BCUT2D eigenvalue weighted by Gasteiger charge is 2.22. The van der Waals surface area contributed by atoms with Crippen LogP contribution in [-0.2, 0) is 38.6 Å². The van der Waals surface area contributed by atoms with Crippen molar-refractivity contribution in [2.24, 2.45) is 0 Å². The Kier molecular flexibility index (Phi) is 10.8. The van der Waals surface area contributed by atoms with Crippen molar-refractivity contribution >= 4 is 34.4 Å². The number of amides is 2. The van der Waals surface area contributed by atoms with E-state index in [1.54, 1.807) is 4.90 Å². The van der Waals surface area contributed by atoms with Gasteiger partial charge in [-0.1, -0.05) is 60.7 Å². The van der Waals surface area contributed by atoms with Gasteiger partial charge in [-0.2, -0.15) is 0 Å². The maximum atomic E-state index is 13.9. The lowest BCUT2D eigenvalue weighted by atomic mass is 10.1. The zero-order valence-electron chi connectivity index (χ0n) is 24.7.